The van der Waals surface area contributed by atoms with Crippen molar-refractivity contribution in [1.82, 2.24) is 10.2 Å². The highest BCUT2D eigenvalue weighted by Crippen LogP contribution is 2.40. The molecule has 1 saturated carbocycles. The van der Waals surface area contributed by atoms with Gasteiger partial charge in [-0.05, 0) is 80.7 Å². The van der Waals surface area contributed by atoms with E-state index < -0.39 is 0 Å². The Bertz CT molecular complexity index is 953. The van der Waals surface area contributed by atoms with Crippen molar-refractivity contribution in [2.24, 2.45) is 11.8 Å². The van der Waals surface area contributed by atoms with Gasteiger partial charge in [0.25, 0.3) is 0 Å². The minimum absolute atomic E-state index is 0. The molecule has 0 aromatic heterocycles. The van der Waals surface area contributed by atoms with Crippen LogP contribution in [-0.2, 0) is 6.42 Å². The van der Waals surface area contributed by atoms with Gasteiger partial charge in [0.05, 0.1) is 0 Å². The van der Waals surface area contributed by atoms with E-state index in [1.54, 1.807) is 36.4 Å². The molecule has 2 saturated heterocycles. The van der Waals surface area contributed by atoms with Gasteiger partial charge in [-0.1, -0.05) is 24.3 Å². The van der Waals surface area contributed by atoms with Crippen molar-refractivity contribution in [2.75, 3.05) is 25.0 Å². The fraction of sp³-hybridized carbons (Fsp3) is 0.462. The Morgan fingerprint density at radius 3 is 2.64 bits per heavy atom. The number of rotatable bonds is 8. The first-order chi connectivity index (χ1) is 15.5. The summed E-state index contributed by atoms with van der Waals surface area (Å²) in [6.07, 6.45) is 5.71. The zero-order valence-corrected chi connectivity index (χ0v) is 19.9. The number of amides is 2. The number of halogens is 2. The van der Waals surface area contributed by atoms with Gasteiger partial charge in [0, 0.05) is 36.9 Å². The normalized spacial score (nSPS) is 21.8. The first-order valence-electron chi connectivity index (χ1n) is 11.6. The molecule has 1 unspecified atom stereocenters. The van der Waals surface area contributed by atoms with E-state index in [-0.39, 0.29) is 30.0 Å². The Kier molecular flexibility index (Phi) is 8.87. The molecule has 33 heavy (non-hydrogen) atoms. The monoisotopic (exact) mass is 473 g/mol. The summed E-state index contributed by atoms with van der Waals surface area (Å²) in [6.45, 7) is 4.24. The molecule has 3 aliphatic rings. The largest absolute Gasteiger partial charge is 0.338 e. The third kappa shape index (κ3) is 6.78. The molecule has 2 aromatic rings. The van der Waals surface area contributed by atoms with E-state index in [2.05, 4.69) is 15.5 Å². The third-order valence-electron chi connectivity index (χ3n) is 6.86. The number of hydrogen-bond donors (Lipinski definition) is 2. The van der Waals surface area contributed by atoms with Crippen LogP contribution in [0.1, 0.15) is 48.5 Å². The van der Waals surface area contributed by atoms with E-state index in [1.807, 2.05) is 12.1 Å². The second-order valence-electron chi connectivity index (χ2n) is 9.20. The summed E-state index contributed by atoms with van der Waals surface area (Å²) in [6, 6.07) is 14.2. The number of anilines is 1. The van der Waals surface area contributed by atoms with Crippen LogP contribution in [0.25, 0.3) is 0 Å². The van der Waals surface area contributed by atoms with Crippen LogP contribution in [0.2, 0.25) is 0 Å². The molecule has 2 bridgehead atoms. The topological polar surface area (TPSA) is 61.4 Å². The highest BCUT2D eigenvalue weighted by atomic mass is 35.5. The maximum Gasteiger partial charge on any atom is 0.319 e. The molecule has 5 rings (SSSR count). The lowest BCUT2D eigenvalue weighted by molar-refractivity contribution is 0.000976. The van der Waals surface area contributed by atoms with Gasteiger partial charge in [0.1, 0.15) is 5.82 Å². The number of Topliss-reactive ketones (excluding diaryl/α,β-unsaturated/α-hetero) is 1. The average molecular weight is 474 g/mol. The molecule has 1 aliphatic carbocycles. The summed E-state index contributed by atoms with van der Waals surface area (Å²) in [5, 5.41) is 5.72. The van der Waals surface area contributed by atoms with Gasteiger partial charge in [-0.15, -0.1) is 12.4 Å². The molecule has 3 fully saturated rings. The van der Waals surface area contributed by atoms with Gasteiger partial charge in [-0.25, -0.2) is 9.18 Å². The zero-order valence-electron chi connectivity index (χ0n) is 19.1. The summed E-state index contributed by atoms with van der Waals surface area (Å²) in [4.78, 5) is 26.3. The van der Waals surface area contributed by atoms with Gasteiger partial charge in [-0.3, -0.25) is 9.69 Å². The molecule has 178 valence electrons. The van der Waals surface area contributed by atoms with Crippen LogP contribution in [0.15, 0.2) is 48.5 Å². The second-order valence-corrected chi connectivity index (χ2v) is 9.20. The van der Waals surface area contributed by atoms with Crippen molar-refractivity contribution in [3.05, 3.63) is 65.5 Å². The number of fused-ring (bicyclic) bond motifs is 3. The van der Waals surface area contributed by atoms with Crippen LogP contribution in [0.5, 0.6) is 0 Å². The molecule has 2 aromatic carbocycles. The second kappa shape index (κ2) is 11.6. The molecule has 2 N–H and O–H groups in total. The molecule has 2 aliphatic heterocycles. The fourth-order valence-corrected chi connectivity index (χ4v) is 5.33. The van der Waals surface area contributed by atoms with Crippen LogP contribution in [0, 0.1) is 17.7 Å². The number of urea groups is 1. The smallest absolute Gasteiger partial charge is 0.319 e. The number of hydrogen-bond acceptors (Lipinski definition) is 3. The molecule has 0 radical (unpaired) electrons. The minimum Gasteiger partial charge on any atom is -0.338 e. The van der Waals surface area contributed by atoms with Crippen LogP contribution in [-0.4, -0.2) is 42.4 Å². The molecule has 2 heterocycles. The number of ketones is 1. The van der Waals surface area contributed by atoms with Crippen molar-refractivity contribution < 1.29 is 14.0 Å². The van der Waals surface area contributed by atoms with E-state index in [0.29, 0.717) is 29.8 Å². The number of benzene rings is 2. The molecule has 0 spiro atoms. The predicted octanol–water partition coefficient (Wildman–Crippen LogP) is 5.30. The molecule has 3 atom stereocenters. The Labute approximate surface area is 201 Å². The Hall–Kier alpha value is -2.44. The lowest BCUT2D eigenvalue weighted by Gasteiger charge is -2.50. The lowest BCUT2D eigenvalue weighted by atomic mass is 9.70. The first kappa shape index (κ1) is 25.2. The zero-order chi connectivity index (χ0) is 22.5. The van der Waals surface area contributed by atoms with E-state index in [0.717, 1.165) is 31.8 Å². The van der Waals surface area contributed by atoms with Crippen LogP contribution in [0.4, 0.5) is 14.9 Å². The Morgan fingerprint density at radius 1 is 1.12 bits per heavy atom. The van der Waals surface area contributed by atoms with E-state index in [1.165, 1.54) is 31.7 Å². The highest BCUT2D eigenvalue weighted by Gasteiger charge is 2.40. The van der Waals surface area contributed by atoms with Crippen LogP contribution < -0.4 is 10.6 Å². The van der Waals surface area contributed by atoms with Gasteiger partial charge < -0.3 is 10.6 Å². The average Bonchev–Trinajstić information content (AvgIpc) is 2.79. The van der Waals surface area contributed by atoms with Crippen LogP contribution in [0.3, 0.4) is 0 Å². The number of nitrogens with zero attached hydrogens (tertiary/aromatic N) is 1. The van der Waals surface area contributed by atoms with Crippen molar-refractivity contribution in [3.8, 4) is 0 Å². The standard InChI is InChI=1S/C26H32FN3O2.ClH/c1-18(31)21-4-2-5-24(16-21)29-26(32)28-12-3-13-30-17-20-8-11-25(30)22(15-20)14-19-6-9-23(27)10-7-19;/h2,4-7,9-10,16,20,22,25H,3,8,11-15,17H2,1H3,(H2,28,29,32);1H/t20-,22-,25?;/m0./s1. The molecule has 7 heteroatoms. The Balaban J connectivity index is 0.00000306. The van der Waals surface area contributed by atoms with Crippen molar-refractivity contribution in [1.29, 1.82) is 0 Å². The molecular weight excluding hydrogens is 441 g/mol. The first-order valence-corrected chi connectivity index (χ1v) is 11.6. The van der Waals surface area contributed by atoms with E-state index in [9.17, 15) is 14.0 Å². The number of carbonyl (C=O) groups is 2. The van der Waals surface area contributed by atoms with E-state index in [4.69, 9.17) is 0 Å². The molecule has 5 nitrogen and oxygen atoms in total. The van der Waals surface area contributed by atoms with E-state index >= 15 is 0 Å². The quantitative estimate of drug-likeness (QED) is 0.403. The molecular formula is C26H33ClFN3O2. The molecule has 2 amide bonds. The summed E-state index contributed by atoms with van der Waals surface area (Å²) < 4.78 is 13.2. The maximum atomic E-state index is 13.2. The van der Waals surface area contributed by atoms with Crippen molar-refractivity contribution in [3.63, 3.8) is 0 Å². The minimum atomic E-state index is -0.250. The Morgan fingerprint density at radius 2 is 1.91 bits per heavy atom. The summed E-state index contributed by atoms with van der Waals surface area (Å²) in [7, 11) is 0. The van der Waals surface area contributed by atoms with Crippen molar-refractivity contribution >= 4 is 29.9 Å². The predicted molar refractivity (Wildman–Crippen MR) is 132 cm³/mol. The van der Waals surface area contributed by atoms with Crippen molar-refractivity contribution in [2.45, 2.75) is 45.1 Å². The van der Waals surface area contributed by atoms with Gasteiger partial charge in [0.2, 0.25) is 0 Å². The number of carbonyl (C=O) groups excluding carboxylic acids is 2. The third-order valence-corrected chi connectivity index (χ3v) is 6.86. The number of piperidine rings is 2. The fourth-order valence-electron chi connectivity index (χ4n) is 5.33. The van der Waals surface area contributed by atoms with Crippen LogP contribution >= 0.6 is 12.4 Å². The highest BCUT2D eigenvalue weighted by molar-refractivity contribution is 5.96. The van der Waals surface area contributed by atoms with Gasteiger partial charge in [-0.2, -0.15) is 0 Å². The number of nitrogens with one attached hydrogen (secondary N) is 2. The maximum absolute atomic E-state index is 13.2. The van der Waals surface area contributed by atoms with Gasteiger partial charge in [0.15, 0.2) is 5.78 Å². The van der Waals surface area contributed by atoms with Gasteiger partial charge >= 0.3 is 6.03 Å². The SMILES string of the molecule is CC(=O)c1cccc(NC(=O)NCCCN2C[C@H]3CCC2[C@@H](Cc2ccc(F)cc2)C3)c1.Cl. The summed E-state index contributed by atoms with van der Waals surface area (Å²) >= 11 is 0. The summed E-state index contributed by atoms with van der Waals surface area (Å²) in [5.74, 6) is 1.17. The lowest BCUT2D eigenvalue weighted by Crippen LogP contribution is -2.54. The summed E-state index contributed by atoms with van der Waals surface area (Å²) in [5.41, 5.74) is 2.42.